The number of carbonyl (C=O) groups is 2. The highest BCUT2D eigenvalue weighted by molar-refractivity contribution is 5.86. The summed E-state index contributed by atoms with van der Waals surface area (Å²) in [4.78, 5) is 25.5. The number of hydrogen-bond donors (Lipinski definition) is 2. The minimum absolute atomic E-state index is 0.00268. The molecule has 0 aromatic rings. The fraction of sp³-hybridized carbons (Fsp3) is 0.875. The molecular formula is C32H50O4. The zero-order chi connectivity index (χ0) is 26.7. The third-order valence-electron chi connectivity index (χ3n) is 14.2. The van der Waals surface area contributed by atoms with Crippen LogP contribution in [0.25, 0.3) is 0 Å². The van der Waals surface area contributed by atoms with Crippen molar-refractivity contribution in [3.05, 3.63) is 11.6 Å². The lowest BCUT2D eigenvalue weighted by molar-refractivity contribution is -0.231. The van der Waals surface area contributed by atoms with E-state index in [0.29, 0.717) is 30.1 Å². The van der Waals surface area contributed by atoms with E-state index in [1.807, 2.05) is 0 Å². The summed E-state index contributed by atoms with van der Waals surface area (Å²) < 4.78 is 0. The van der Waals surface area contributed by atoms with E-state index in [-0.39, 0.29) is 27.9 Å². The van der Waals surface area contributed by atoms with E-state index in [0.717, 1.165) is 51.4 Å². The second kappa shape index (κ2) is 7.70. The summed E-state index contributed by atoms with van der Waals surface area (Å²) in [5.74, 6) is 1.17. The molecule has 5 aliphatic rings. The van der Waals surface area contributed by atoms with Gasteiger partial charge in [-0.3, -0.25) is 9.59 Å². The van der Waals surface area contributed by atoms with Gasteiger partial charge in [0.2, 0.25) is 0 Å². The van der Waals surface area contributed by atoms with Crippen molar-refractivity contribution in [1.82, 2.24) is 0 Å². The second-order valence-electron chi connectivity index (χ2n) is 15.2. The van der Waals surface area contributed by atoms with Crippen molar-refractivity contribution in [2.75, 3.05) is 0 Å². The number of Topliss-reactive ketones (excluding diaryl/α,β-unsaturated/α-hetero) is 1. The Bertz CT molecular complexity index is 1010. The lowest BCUT2D eigenvalue weighted by atomic mass is 9.32. The maximum atomic E-state index is 12.9. The normalized spacial score (nSPS) is 53.7. The van der Waals surface area contributed by atoms with Crippen LogP contribution in [0.4, 0.5) is 0 Å². The summed E-state index contributed by atoms with van der Waals surface area (Å²) >= 11 is 0. The van der Waals surface area contributed by atoms with Gasteiger partial charge >= 0.3 is 5.97 Å². The molecule has 0 saturated heterocycles. The molecule has 5 aliphatic carbocycles. The fourth-order valence-corrected chi connectivity index (χ4v) is 11.4. The standard InChI is InChI=1S/C32H50O4/c1-19-11-14-31(26(34)35)17-16-29(7)22(25(31)20(19)2)9-10-24-28(6)15-18-32(36,21(3)33)27(4,5)23(28)12-13-30(24,29)8/h9,19-20,23-25,36H,10-18H2,1-8H3,(H,34,35)/t19-,20+,23?,24-,25+,28+,29-,30-,31+,32-/m1/s1. The van der Waals surface area contributed by atoms with Crippen molar-refractivity contribution in [3.8, 4) is 0 Å². The summed E-state index contributed by atoms with van der Waals surface area (Å²) in [5, 5.41) is 22.1. The SMILES string of the molecule is CC(=O)[C@]1(O)CC[C@@]2(C)C(CC[C@]3(C)[C@@H]2CC=C2[C@@H]4[C@@H](C)[C@H](C)CC[C@]4(C(=O)O)CC[C@]23C)C1(C)C. The van der Waals surface area contributed by atoms with E-state index in [4.69, 9.17) is 0 Å². The van der Waals surface area contributed by atoms with Crippen LogP contribution in [0.3, 0.4) is 0 Å². The Morgan fingerprint density at radius 1 is 0.889 bits per heavy atom. The molecule has 0 aromatic heterocycles. The Kier molecular flexibility index (Phi) is 5.66. The maximum Gasteiger partial charge on any atom is 0.310 e. The average Bonchev–Trinajstić information content (AvgIpc) is 2.79. The number of allylic oxidation sites excluding steroid dienone is 2. The molecule has 0 amide bonds. The van der Waals surface area contributed by atoms with Crippen LogP contribution in [0, 0.1) is 56.7 Å². The maximum absolute atomic E-state index is 12.9. The van der Waals surface area contributed by atoms with Crippen molar-refractivity contribution in [2.24, 2.45) is 56.7 Å². The Morgan fingerprint density at radius 3 is 2.17 bits per heavy atom. The summed E-state index contributed by atoms with van der Waals surface area (Å²) in [6.45, 7) is 17.9. The number of carboxylic acid groups (broad SMARTS) is 1. The molecule has 1 unspecified atom stereocenters. The van der Waals surface area contributed by atoms with E-state index in [1.54, 1.807) is 6.92 Å². The number of aliphatic carboxylic acids is 1. The van der Waals surface area contributed by atoms with E-state index >= 15 is 0 Å². The number of carboxylic acids is 1. The molecule has 4 heteroatoms. The Hall–Kier alpha value is -1.16. The van der Waals surface area contributed by atoms with Crippen LogP contribution < -0.4 is 0 Å². The topological polar surface area (TPSA) is 74.6 Å². The molecular weight excluding hydrogens is 448 g/mol. The second-order valence-corrected chi connectivity index (χ2v) is 15.2. The first-order chi connectivity index (χ1) is 16.5. The van der Waals surface area contributed by atoms with Gasteiger partial charge < -0.3 is 10.2 Å². The molecule has 36 heavy (non-hydrogen) atoms. The molecule has 0 heterocycles. The van der Waals surface area contributed by atoms with E-state index in [1.165, 1.54) is 5.57 Å². The fourth-order valence-electron chi connectivity index (χ4n) is 11.4. The molecule has 0 aliphatic heterocycles. The summed E-state index contributed by atoms with van der Waals surface area (Å²) in [6, 6.07) is 0. The van der Waals surface area contributed by atoms with Gasteiger partial charge in [-0.2, -0.15) is 0 Å². The molecule has 5 rings (SSSR count). The monoisotopic (exact) mass is 498 g/mol. The predicted octanol–water partition coefficient (Wildman–Crippen LogP) is 7.05. The van der Waals surface area contributed by atoms with Gasteiger partial charge in [0.25, 0.3) is 0 Å². The first-order valence-corrected chi connectivity index (χ1v) is 14.7. The highest BCUT2D eigenvalue weighted by atomic mass is 16.4. The number of fused-ring (bicyclic) bond motifs is 7. The lowest BCUT2D eigenvalue weighted by Crippen LogP contribution is -2.68. The summed E-state index contributed by atoms with van der Waals surface area (Å²) in [7, 11) is 0. The Balaban J connectivity index is 1.60. The molecule has 10 atom stereocenters. The molecule has 4 saturated carbocycles. The zero-order valence-electron chi connectivity index (χ0n) is 24.0. The van der Waals surface area contributed by atoms with Crippen LogP contribution in [-0.2, 0) is 9.59 Å². The largest absolute Gasteiger partial charge is 0.481 e. The summed E-state index contributed by atoms with van der Waals surface area (Å²) in [6.07, 6.45) is 10.6. The molecule has 4 nitrogen and oxygen atoms in total. The van der Waals surface area contributed by atoms with Crippen LogP contribution in [0.2, 0.25) is 0 Å². The zero-order valence-corrected chi connectivity index (χ0v) is 24.0. The molecule has 0 spiro atoms. The molecule has 0 bridgehead atoms. The van der Waals surface area contributed by atoms with E-state index < -0.39 is 22.4 Å². The first kappa shape index (κ1) is 26.4. The number of carbonyl (C=O) groups excluding carboxylic acids is 1. The Morgan fingerprint density at radius 2 is 1.56 bits per heavy atom. The lowest BCUT2D eigenvalue weighted by Gasteiger charge is -2.72. The van der Waals surface area contributed by atoms with Crippen LogP contribution >= 0.6 is 0 Å². The van der Waals surface area contributed by atoms with E-state index in [2.05, 4.69) is 54.5 Å². The molecule has 202 valence electrons. The smallest absolute Gasteiger partial charge is 0.310 e. The van der Waals surface area contributed by atoms with E-state index in [9.17, 15) is 19.8 Å². The summed E-state index contributed by atoms with van der Waals surface area (Å²) in [5.41, 5.74) is -0.707. The molecule has 2 N–H and O–H groups in total. The van der Waals surface area contributed by atoms with Crippen molar-refractivity contribution < 1.29 is 19.8 Å². The minimum atomic E-state index is -1.25. The third kappa shape index (κ3) is 2.86. The number of aliphatic hydroxyl groups is 1. The third-order valence-corrected chi connectivity index (χ3v) is 14.2. The van der Waals surface area contributed by atoms with Crippen molar-refractivity contribution in [2.45, 2.75) is 119 Å². The van der Waals surface area contributed by atoms with Crippen molar-refractivity contribution in [1.29, 1.82) is 0 Å². The van der Waals surface area contributed by atoms with Gasteiger partial charge in [-0.15, -0.1) is 0 Å². The first-order valence-electron chi connectivity index (χ1n) is 14.7. The van der Waals surface area contributed by atoms with Gasteiger partial charge in [0.15, 0.2) is 5.78 Å². The predicted molar refractivity (Wildman–Crippen MR) is 142 cm³/mol. The number of hydrogen-bond acceptors (Lipinski definition) is 3. The molecule has 0 aromatic carbocycles. The van der Waals surface area contributed by atoms with Crippen LogP contribution in [0.15, 0.2) is 11.6 Å². The van der Waals surface area contributed by atoms with Gasteiger partial charge in [-0.1, -0.05) is 60.1 Å². The van der Waals surface area contributed by atoms with Crippen molar-refractivity contribution in [3.63, 3.8) is 0 Å². The Labute approximate surface area is 218 Å². The number of rotatable bonds is 2. The average molecular weight is 499 g/mol. The highest BCUT2D eigenvalue weighted by Gasteiger charge is 2.71. The molecule has 4 fully saturated rings. The van der Waals surface area contributed by atoms with Crippen LogP contribution in [0.1, 0.15) is 113 Å². The quantitative estimate of drug-likeness (QED) is 0.400. The highest BCUT2D eigenvalue weighted by Crippen LogP contribution is 2.76. The van der Waals surface area contributed by atoms with Gasteiger partial charge in [-0.05, 0) is 111 Å². The van der Waals surface area contributed by atoms with Crippen LogP contribution in [0.5, 0.6) is 0 Å². The minimum Gasteiger partial charge on any atom is -0.481 e. The van der Waals surface area contributed by atoms with Crippen molar-refractivity contribution >= 4 is 11.8 Å². The molecule has 0 radical (unpaired) electrons. The van der Waals surface area contributed by atoms with Crippen LogP contribution in [-0.4, -0.2) is 27.6 Å². The van der Waals surface area contributed by atoms with Gasteiger partial charge in [-0.25, -0.2) is 0 Å². The number of ketones is 1. The van der Waals surface area contributed by atoms with Gasteiger partial charge in [0.05, 0.1) is 5.41 Å². The van der Waals surface area contributed by atoms with Gasteiger partial charge in [0, 0.05) is 5.41 Å². The van der Waals surface area contributed by atoms with Gasteiger partial charge in [0.1, 0.15) is 5.60 Å².